The average molecular weight is 457 g/mol. The number of H-pyrrole nitrogens is 1. The number of nitrogens with zero attached hydrogens (tertiary/aromatic N) is 2. The normalized spacial score (nSPS) is 14.7. The SMILES string of the molecule is CC(NC(=O)c1ccc(C(F)(F)F)cc1F)C(O)(Cc1ncn[nH]1)c1ccc(Cl)cc1. The van der Waals surface area contributed by atoms with Crippen molar-refractivity contribution in [2.45, 2.75) is 31.2 Å². The number of aromatic nitrogens is 3. The molecule has 0 spiro atoms. The van der Waals surface area contributed by atoms with Crippen molar-refractivity contribution >= 4 is 17.5 Å². The molecule has 0 aliphatic heterocycles. The van der Waals surface area contributed by atoms with Crippen LogP contribution in [-0.2, 0) is 18.2 Å². The van der Waals surface area contributed by atoms with E-state index < -0.39 is 40.7 Å². The first-order valence-corrected chi connectivity index (χ1v) is 9.39. The van der Waals surface area contributed by atoms with Gasteiger partial charge < -0.3 is 10.4 Å². The van der Waals surface area contributed by atoms with Crippen LogP contribution >= 0.6 is 11.6 Å². The average Bonchev–Trinajstić information content (AvgIpc) is 3.20. The summed E-state index contributed by atoms with van der Waals surface area (Å²) in [6.07, 6.45) is -3.58. The Morgan fingerprint density at radius 1 is 1.19 bits per heavy atom. The van der Waals surface area contributed by atoms with E-state index in [9.17, 15) is 27.5 Å². The summed E-state index contributed by atoms with van der Waals surface area (Å²) in [6.45, 7) is 1.48. The monoisotopic (exact) mass is 456 g/mol. The number of hydrogen-bond acceptors (Lipinski definition) is 4. The second-order valence-corrected chi connectivity index (χ2v) is 7.36. The minimum atomic E-state index is -4.74. The number of hydrogen-bond donors (Lipinski definition) is 3. The van der Waals surface area contributed by atoms with Crippen molar-refractivity contribution in [3.63, 3.8) is 0 Å². The van der Waals surface area contributed by atoms with E-state index in [0.717, 1.165) is 6.07 Å². The molecule has 164 valence electrons. The predicted molar refractivity (Wildman–Crippen MR) is 104 cm³/mol. The number of carbonyl (C=O) groups excluding carboxylic acids is 1. The lowest BCUT2D eigenvalue weighted by Gasteiger charge is -2.34. The fourth-order valence-electron chi connectivity index (χ4n) is 3.08. The van der Waals surface area contributed by atoms with Gasteiger partial charge in [0.25, 0.3) is 5.91 Å². The number of aliphatic hydroxyl groups is 1. The van der Waals surface area contributed by atoms with Gasteiger partial charge in [-0.05, 0) is 42.8 Å². The van der Waals surface area contributed by atoms with Crippen molar-refractivity contribution < 1.29 is 27.5 Å². The Labute approximate surface area is 179 Å². The van der Waals surface area contributed by atoms with Crippen molar-refractivity contribution in [1.82, 2.24) is 20.5 Å². The molecule has 0 radical (unpaired) electrons. The quantitative estimate of drug-likeness (QED) is 0.491. The van der Waals surface area contributed by atoms with Crippen molar-refractivity contribution in [1.29, 1.82) is 0 Å². The summed E-state index contributed by atoms with van der Waals surface area (Å²) >= 11 is 5.91. The number of rotatable bonds is 6. The van der Waals surface area contributed by atoms with Crippen molar-refractivity contribution in [3.8, 4) is 0 Å². The second kappa shape index (κ2) is 8.64. The highest BCUT2D eigenvalue weighted by atomic mass is 35.5. The maximum atomic E-state index is 14.2. The number of carbonyl (C=O) groups is 1. The molecule has 3 N–H and O–H groups in total. The molecule has 3 aromatic rings. The number of alkyl halides is 3. The molecule has 1 aromatic heterocycles. The summed E-state index contributed by atoms with van der Waals surface area (Å²) in [5.74, 6) is -1.99. The summed E-state index contributed by atoms with van der Waals surface area (Å²) in [4.78, 5) is 16.5. The third kappa shape index (κ3) is 5.02. The zero-order valence-electron chi connectivity index (χ0n) is 16.0. The topological polar surface area (TPSA) is 90.9 Å². The first-order chi connectivity index (χ1) is 14.5. The van der Waals surface area contributed by atoms with Gasteiger partial charge in [-0.15, -0.1) is 0 Å². The highest BCUT2D eigenvalue weighted by Gasteiger charge is 2.39. The van der Waals surface area contributed by atoms with E-state index >= 15 is 0 Å². The van der Waals surface area contributed by atoms with Gasteiger partial charge in [0.15, 0.2) is 0 Å². The molecule has 1 heterocycles. The smallest absolute Gasteiger partial charge is 0.383 e. The molecule has 0 saturated carbocycles. The minimum Gasteiger partial charge on any atom is -0.383 e. The van der Waals surface area contributed by atoms with Crippen LogP contribution in [0.5, 0.6) is 0 Å². The molecule has 1 amide bonds. The zero-order chi connectivity index (χ0) is 22.8. The molecule has 6 nitrogen and oxygen atoms in total. The van der Waals surface area contributed by atoms with E-state index in [1.54, 1.807) is 24.3 Å². The number of nitrogens with one attached hydrogen (secondary N) is 2. The van der Waals surface area contributed by atoms with Gasteiger partial charge in [0.2, 0.25) is 0 Å². The molecule has 0 bridgehead atoms. The van der Waals surface area contributed by atoms with Gasteiger partial charge in [-0.1, -0.05) is 23.7 Å². The van der Waals surface area contributed by atoms with E-state index in [1.165, 1.54) is 13.3 Å². The fourth-order valence-corrected chi connectivity index (χ4v) is 3.21. The lowest BCUT2D eigenvalue weighted by molar-refractivity contribution is -0.137. The van der Waals surface area contributed by atoms with Crippen LogP contribution in [0.15, 0.2) is 48.8 Å². The molecule has 0 saturated heterocycles. The van der Waals surface area contributed by atoms with Gasteiger partial charge in [-0.3, -0.25) is 9.89 Å². The Bertz CT molecular complexity index is 1060. The summed E-state index contributed by atoms with van der Waals surface area (Å²) in [5, 5.41) is 20.7. The summed E-state index contributed by atoms with van der Waals surface area (Å²) in [5.41, 5.74) is -3.13. The zero-order valence-corrected chi connectivity index (χ0v) is 16.8. The van der Waals surface area contributed by atoms with Crippen LogP contribution in [0.2, 0.25) is 5.02 Å². The van der Waals surface area contributed by atoms with Gasteiger partial charge in [-0.2, -0.15) is 18.3 Å². The molecule has 0 fully saturated rings. The minimum absolute atomic E-state index is 0.0917. The van der Waals surface area contributed by atoms with Crippen LogP contribution in [-0.4, -0.2) is 32.2 Å². The maximum Gasteiger partial charge on any atom is 0.416 e. The molecule has 2 unspecified atom stereocenters. The molecular weight excluding hydrogens is 440 g/mol. The Kier molecular flexibility index (Phi) is 6.33. The van der Waals surface area contributed by atoms with Crippen LogP contribution in [0.3, 0.4) is 0 Å². The third-order valence-electron chi connectivity index (χ3n) is 4.85. The summed E-state index contributed by atoms with van der Waals surface area (Å²) in [7, 11) is 0. The number of benzene rings is 2. The maximum absolute atomic E-state index is 14.2. The van der Waals surface area contributed by atoms with Crippen LogP contribution in [0.4, 0.5) is 17.6 Å². The van der Waals surface area contributed by atoms with Crippen LogP contribution in [0.25, 0.3) is 0 Å². The van der Waals surface area contributed by atoms with Crippen molar-refractivity contribution in [2.75, 3.05) is 0 Å². The van der Waals surface area contributed by atoms with Gasteiger partial charge in [-0.25, -0.2) is 9.37 Å². The first-order valence-electron chi connectivity index (χ1n) is 9.01. The largest absolute Gasteiger partial charge is 0.416 e. The van der Waals surface area contributed by atoms with Crippen molar-refractivity contribution in [2.24, 2.45) is 0 Å². The third-order valence-corrected chi connectivity index (χ3v) is 5.10. The number of halogens is 5. The Hall–Kier alpha value is -2.98. The lowest BCUT2D eigenvalue weighted by atomic mass is 9.83. The summed E-state index contributed by atoms with van der Waals surface area (Å²) in [6, 6.07) is 6.81. The molecule has 11 heteroatoms. The first kappa shape index (κ1) is 22.7. The van der Waals surface area contributed by atoms with Crippen LogP contribution in [0, 0.1) is 5.82 Å². The molecule has 3 rings (SSSR count). The van der Waals surface area contributed by atoms with E-state index in [-0.39, 0.29) is 12.5 Å². The van der Waals surface area contributed by atoms with E-state index in [0.29, 0.717) is 22.5 Å². The van der Waals surface area contributed by atoms with E-state index in [4.69, 9.17) is 11.6 Å². The predicted octanol–water partition coefficient (Wildman–Crippen LogP) is 3.86. The van der Waals surface area contributed by atoms with Gasteiger partial charge >= 0.3 is 6.18 Å². The summed E-state index contributed by atoms with van der Waals surface area (Å²) < 4.78 is 52.4. The highest BCUT2D eigenvalue weighted by Crippen LogP contribution is 2.32. The van der Waals surface area contributed by atoms with E-state index in [1.807, 2.05) is 0 Å². The van der Waals surface area contributed by atoms with Crippen LogP contribution < -0.4 is 5.32 Å². The lowest BCUT2D eigenvalue weighted by Crippen LogP contribution is -2.50. The molecule has 2 atom stereocenters. The van der Waals surface area contributed by atoms with Gasteiger partial charge in [0.1, 0.15) is 23.6 Å². The standard InChI is InChI=1S/C20H17ClF4N4O2/c1-11(28-18(30)15-7-4-13(8-16(15)22)20(23,24)25)19(31,9-17-26-10-27-29-17)12-2-5-14(21)6-3-12/h2-8,10-11,31H,9H2,1H3,(H,28,30)(H,26,27,29). The molecule has 31 heavy (non-hydrogen) atoms. The Morgan fingerprint density at radius 2 is 1.84 bits per heavy atom. The van der Waals surface area contributed by atoms with Gasteiger partial charge in [0, 0.05) is 11.4 Å². The highest BCUT2D eigenvalue weighted by molar-refractivity contribution is 6.30. The second-order valence-electron chi connectivity index (χ2n) is 6.93. The van der Waals surface area contributed by atoms with E-state index in [2.05, 4.69) is 20.5 Å². The van der Waals surface area contributed by atoms with Crippen molar-refractivity contribution in [3.05, 3.63) is 82.1 Å². The Morgan fingerprint density at radius 3 is 2.39 bits per heavy atom. The molecule has 2 aromatic carbocycles. The van der Waals surface area contributed by atoms with Gasteiger partial charge in [0.05, 0.1) is 17.2 Å². The fraction of sp³-hybridized carbons (Fsp3) is 0.250. The molecular formula is C20H17ClF4N4O2. The molecule has 0 aliphatic carbocycles. The molecule has 0 aliphatic rings. The number of amides is 1. The Balaban J connectivity index is 1.89. The number of aromatic amines is 1. The van der Waals surface area contributed by atoms with Crippen LogP contribution in [0.1, 0.15) is 34.2 Å².